The molecule has 0 aliphatic carbocycles. The molecule has 1 aromatic rings. The number of hydrogen-bond donors (Lipinski definition) is 3. The normalized spacial score (nSPS) is 10.5. The van der Waals surface area contributed by atoms with Crippen molar-refractivity contribution in [1.82, 2.24) is 5.32 Å². The summed E-state index contributed by atoms with van der Waals surface area (Å²) in [4.78, 5) is 23.8. The molecule has 0 unspecified atom stereocenters. The number of thiophene rings is 1. The second-order valence-electron chi connectivity index (χ2n) is 4.27. The van der Waals surface area contributed by atoms with Gasteiger partial charge < -0.3 is 10.4 Å². The van der Waals surface area contributed by atoms with E-state index in [1.807, 2.05) is 20.8 Å². The van der Waals surface area contributed by atoms with Gasteiger partial charge in [0.15, 0.2) is 0 Å². The second kappa shape index (κ2) is 5.86. The highest BCUT2D eigenvalue weighted by Crippen LogP contribution is 2.33. The summed E-state index contributed by atoms with van der Waals surface area (Å²) in [6.07, 6.45) is 0.754. The maximum absolute atomic E-state index is 11.6. The van der Waals surface area contributed by atoms with Crippen LogP contribution in [0.15, 0.2) is 0 Å². The summed E-state index contributed by atoms with van der Waals surface area (Å²) in [6.45, 7) is 7.41. The first-order chi connectivity index (χ1) is 8.36. The van der Waals surface area contributed by atoms with Gasteiger partial charge in [-0.3, -0.25) is 5.32 Å². The Kier molecular flexibility index (Phi) is 4.72. The van der Waals surface area contributed by atoms with Crippen LogP contribution in [0, 0.1) is 6.92 Å². The van der Waals surface area contributed by atoms with Crippen molar-refractivity contribution in [3.63, 3.8) is 0 Å². The van der Waals surface area contributed by atoms with Gasteiger partial charge in [-0.25, -0.2) is 9.59 Å². The lowest BCUT2D eigenvalue weighted by molar-refractivity contribution is 0.0697. The number of carboxylic acid groups (broad SMARTS) is 1. The molecule has 3 N–H and O–H groups in total. The highest BCUT2D eigenvalue weighted by atomic mass is 32.1. The third-order valence-corrected chi connectivity index (χ3v) is 3.78. The molecule has 0 saturated carbocycles. The highest BCUT2D eigenvalue weighted by Gasteiger charge is 2.21. The molecule has 1 heterocycles. The molecule has 0 spiro atoms. The monoisotopic (exact) mass is 270 g/mol. The summed E-state index contributed by atoms with van der Waals surface area (Å²) < 4.78 is 0. The summed E-state index contributed by atoms with van der Waals surface area (Å²) in [5.74, 6) is -1.01. The number of aryl methyl sites for hydroxylation is 1. The van der Waals surface area contributed by atoms with Crippen molar-refractivity contribution in [1.29, 1.82) is 0 Å². The fraction of sp³-hybridized carbons (Fsp3) is 0.500. The number of urea groups is 1. The van der Waals surface area contributed by atoms with E-state index in [0.29, 0.717) is 5.00 Å². The number of carbonyl (C=O) groups is 2. The molecule has 0 atom stereocenters. The van der Waals surface area contributed by atoms with Gasteiger partial charge in [-0.1, -0.05) is 6.92 Å². The first-order valence-corrected chi connectivity index (χ1v) is 6.61. The van der Waals surface area contributed by atoms with Crippen molar-refractivity contribution in [3.8, 4) is 0 Å². The Morgan fingerprint density at radius 3 is 2.44 bits per heavy atom. The number of anilines is 1. The molecule has 0 aliphatic heterocycles. The van der Waals surface area contributed by atoms with Crippen LogP contribution in [-0.2, 0) is 6.42 Å². The molecule has 0 aliphatic rings. The van der Waals surface area contributed by atoms with E-state index < -0.39 is 5.97 Å². The average Bonchev–Trinajstić information content (AvgIpc) is 2.53. The van der Waals surface area contributed by atoms with Crippen LogP contribution in [0.1, 0.15) is 41.6 Å². The molecule has 0 saturated heterocycles. The zero-order chi connectivity index (χ0) is 13.9. The Labute approximate surface area is 110 Å². The lowest BCUT2D eigenvalue weighted by Crippen LogP contribution is -2.34. The molecule has 1 rings (SSSR count). The Hall–Kier alpha value is -1.56. The number of amides is 2. The number of rotatable bonds is 4. The fourth-order valence-electron chi connectivity index (χ4n) is 1.64. The maximum Gasteiger partial charge on any atom is 0.338 e. The van der Waals surface area contributed by atoms with Gasteiger partial charge in [-0.15, -0.1) is 11.3 Å². The Morgan fingerprint density at radius 1 is 1.39 bits per heavy atom. The van der Waals surface area contributed by atoms with Crippen LogP contribution >= 0.6 is 11.3 Å². The van der Waals surface area contributed by atoms with Gasteiger partial charge in [0.05, 0.1) is 5.56 Å². The molecule has 5 nitrogen and oxygen atoms in total. The van der Waals surface area contributed by atoms with Crippen molar-refractivity contribution in [2.75, 3.05) is 5.32 Å². The van der Waals surface area contributed by atoms with Crippen molar-refractivity contribution in [2.24, 2.45) is 0 Å². The van der Waals surface area contributed by atoms with E-state index in [1.54, 1.807) is 6.92 Å². The standard InChI is InChI=1S/C12H18N2O3S/c1-5-8-7(4)9(11(15)16)10(18-8)14-12(17)13-6(2)3/h6H,5H2,1-4H3,(H,15,16)(H2,13,14,17). The van der Waals surface area contributed by atoms with Crippen LogP contribution in [0.4, 0.5) is 9.80 Å². The predicted molar refractivity (Wildman–Crippen MR) is 72.7 cm³/mol. The molecule has 0 radical (unpaired) electrons. The molecule has 2 amide bonds. The number of hydrogen-bond acceptors (Lipinski definition) is 3. The quantitative estimate of drug-likeness (QED) is 0.787. The average molecular weight is 270 g/mol. The molecule has 18 heavy (non-hydrogen) atoms. The molecule has 1 aromatic heterocycles. The van der Waals surface area contributed by atoms with Crippen LogP contribution in [0.2, 0.25) is 0 Å². The van der Waals surface area contributed by atoms with E-state index in [9.17, 15) is 14.7 Å². The molecule has 0 fully saturated rings. The Balaban J connectivity index is 3.01. The lowest BCUT2D eigenvalue weighted by Gasteiger charge is -2.09. The minimum absolute atomic E-state index is 0.00461. The SMILES string of the molecule is CCc1sc(NC(=O)NC(C)C)c(C(=O)O)c1C. The summed E-state index contributed by atoms with van der Waals surface area (Å²) in [5, 5.41) is 14.9. The molecule has 0 aromatic carbocycles. The summed E-state index contributed by atoms with van der Waals surface area (Å²) >= 11 is 1.32. The molecule has 0 bridgehead atoms. The van der Waals surface area contributed by atoms with Crippen LogP contribution < -0.4 is 10.6 Å². The van der Waals surface area contributed by atoms with Gasteiger partial charge >= 0.3 is 12.0 Å². The Morgan fingerprint density at radius 2 is 2.00 bits per heavy atom. The fourth-order valence-corrected chi connectivity index (χ4v) is 2.78. The number of aromatic carboxylic acids is 1. The first kappa shape index (κ1) is 14.5. The molecule has 6 heteroatoms. The van der Waals surface area contributed by atoms with Crippen molar-refractivity contribution >= 4 is 28.3 Å². The third-order valence-electron chi connectivity index (χ3n) is 2.43. The van der Waals surface area contributed by atoms with Crippen molar-refractivity contribution in [3.05, 3.63) is 16.0 Å². The number of carboxylic acids is 1. The van der Waals surface area contributed by atoms with E-state index in [-0.39, 0.29) is 17.6 Å². The van der Waals surface area contributed by atoms with Crippen LogP contribution in [-0.4, -0.2) is 23.1 Å². The predicted octanol–water partition coefficient (Wildman–Crippen LogP) is 2.85. The van der Waals surface area contributed by atoms with Gasteiger partial charge in [0.1, 0.15) is 5.00 Å². The summed E-state index contributed by atoms with van der Waals surface area (Å²) in [7, 11) is 0. The second-order valence-corrected chi connectivity index (χ2v) is 5.37. The topological polar surface area (TPSA) is 78.4 Å². The van der Waals surface area contributed by atoms with Gasteiger partial charge in [-0.2, -0.15) is 0 Å². The lowest BCUT2D eigenvalue weighted by atomic mass is 10.1. The third kappa shape index (κ3) is 3.22. The van der Waals surface area contributed by atoms with E-state index in [0.717, 1.165) is 16.9 Å². The summed E-state index contributed by atoms with van der Waals surface area (Å²) in [6, 6.07) is -0.374. The molecular formula is C12H18N2O3S. The Bertz CT molecular complexity index is 466. The van der Waals surface area contributed by atoms with E-state index in [1.165, 1.54) is 11.3 Å². The van der Waals surface area contributed by atoms with Gasteiger partial charge in [-0.05, 0) is 32.8 Å². The minimum atomic E-state index is -1.01. The van der Waals surface area contributed by atoms with Crippen molar-refractivity contribution in [2.45, 2.75) is 40.2 Å². The largest absolute Gasteiger partial charge is 0.478 e. The van der Waals surface area contributed by atoms with Crippen molar-refractivity contribution < 1.29 is 14.7 Å². The van der Waals surface area contributed by atoms with Crippen LogP contribution in [0.3, 0.4) is 0 Å². The first-order valence-electron chi connectivity index (χ1n) is 5.79. The van der Waals surface area contributed by atoms with Gasteiger partial charge in [0.25, 0.3) is 0 Å². The maximum atomic E-state index is 11.6. The number of nitrogens with one attached hydrogen (secondary N) is 2. The minimum Gasteiger partial charge on any atom is -0.478 e. The number of carbonyl (C=O) groups excluding carboxylic acids is 1. The zero-order valence-electron chi connectivity index (χ0n) is 11.0. The highest BCUT2D eigenvalue weighted by molar-refractivity contribution is 7.16. The van der Waals surface area contributed by atoms with Crippen LogP contribution in [0.5, 0.6) is 0 Å². The van der Waals surface area contributed by atoms with Gasteiger partial charge in [0, 0.05) is 10.9 Å². The summed E-state index contributed by atoms with van der Waals surface area (Å²) in [5.41, 5.74) is 0.922. The van der Waals surface area contributed by atoms with Crippen LogP contribution in [0.25, 0.3) is 0 Å². The van der Waals surface area contributed by atoms with Gasteiger partial charge in [0.2, 0.25) is 0 Å². The van der Waals surface area contributed by atoms with E-state index in [4.69, 9.17) is 0 Å². The smallest absolute Gasteiger partial charge is 0.338 e. The van der Waals surface area contributed by atoms with E-state index in [2.05, 4.69) is 10.6 Å². The molecular weight excluding hydrogens is 252 g/mol. The molecule has 100 valence electrons. The zero-order valence-corrected chi connectivity index (χ0v) is 11.8. The van der Waals surface area contributed by atoms with E-state index >= 15 is 0 Å².